The average molecular weight is 173 g/mol. The molecule has 1 aromatic carbocycles. The van der Waals surface area contributed by atoms with Crippen molar-refractivity contribution >= 4 is 11.4 Å². The molecule has 0 radical (unpaired) electrons. The second-order valence-corrected chi connectivity index (χ2v) is 2.50. The van der Waals surface area contributed by atoms with Gasteiger partial charge in [0.2, 0.25) is 0 Å². The van der Waals surface area contributed by atoms with E-state index in [9.17, 15) is 0 Å². The molecule has 0 saturated heterocycles. The highest BCUT2D eigenvalue weighted by atomic mass is 15.3. The summed E-state index contributed by atoms with van der Waals surface area (Å²) in [7, 11) is 0. The molecular weight excluding hydrogens is 162 g/mol. The number of rotatable bonds is 3. The summed E-state index contributed by atoms with van der Waals surface area (Å²) in [5.41, 5.74) is 4.21. The Kier molecular flexibility index (Phi) is 3.52. The fourth-order valence-electron chi connectivity index (χ4n) is 0.828. The minimum atomic E-state index is 0.504. The van der Waals surface area contributed by atoms with Crippen LogP contribution in [-0.4, -0.2) is 5.71 Å². The Morgan fingerprint density at radius 1 is 1.46 bits per heavy atom. The van der Waals surface area contributed by atoms with Crippen molar-refractivity contribution in [2.75, 3.05) is 5.43 Å². The number of hydrogen-bond acceptors (Lipinski definition) is 3. The van der Waals surface area contributed by atoms with Gasteiger partial charge in [0.1, 0.15) is 11.8 Å². The van der Waals surface area contributed by atoms with Crippen molar-refractivity contribution in [1.82, 2.24) is 0 Å². The number of anilines is 1. The molecule has 0 aliphatic rings. The predicted molar refractivity (Wildman–Crippen MR) is 53.4 cm³/mol. The van der Waals surface area contributed by atoms with Crippen LogP contribution in [0.15, 0.2) is 35.4 Å². The summed E-state index contributed by atoms with van der Waals surface area (Å²) in [5.74, 6) is 0. The highest BCUT2D eigenvalue weighted by Gasteiger charge is 1.91. The topological polar surface area (TPSA) is 48.2 Å². The summed E-state index contributed by atoms with van der Waals surface area (Å²) < 4.78 is 0. The van der Waals surface area contributed by atoms with Crippen molar-refractivity contribution in [2.24, 2.45) is 5.10 Å². The van der Waals surface area contributed by atoms with Crippen LogP contribution >= 0.6 is 0 Å². The molecule has 0 aliphatic heterocycles. The standard InChI is InChI=1S/C10H11N3/c1-2-9(8-11)12-13-10-6-4-3-5-7-10/h3-7,13H,2H2,1H3/b12-9-. The van der Waals surface area contributed by atoms with Gasteiger partial charge in [-0.05, 0) is 18.6 Å². The van der Waals surface area contributed by atoms with Gasteiger partial charge in [-0.3, -0.25) is 5.43 Å². The first-order chi connectivity index (χ1) is 6.36. The van der Waals surface area contributed by atoms with Crippen LogP contribution in [-0.2, 0) is 0 Å². The van der Waals surface area contributed by atoms with Crippen molar-refractivity contribution in [2.45, 2.75) is 13.3 Å². The quantitative estimate of drug-likeness (QED) is 0.563. The third-order valence-electron chi connectivity index (χ3n) is 1.56. The lowest BCUT2D eigenvalue weighted by molar-refractivity contribution is 1.23. The van der Waals surface area contributed by atoms with Gasteiger partial charge in [0.15, 0.2) is 0 Å². The molecule has 3 heteroatoms. The van der Waals surface area contributed by atoms with E-state index in [1.54, 1.807) is 0 Å². The summed E-state index contributed by atoms with van der Waals surface area (Å²) >= 11 is 0. The van der Waals surface area contributed by atoms with Crippen LogP contribution < -0.4 is 5.43 Å². The molecule has 0 spiro atoms. The van der Waals surface area contributed by atoms with Crippen LogP contribution in [0.25, 0.3) is 0 Å². The van der Waals surface area contributed by atoms with Crippen LogP contribution in [0.1, 0.15) is 13.3 Å². The van der Waals surface area contributed by atoms with Crippen molar-refractivity contribution in [3.05, 3.63) is 30.3 Å². The Morgan fingerprint density at radius 3 is 2.69 bits per heavy atom. The number of nitrogens with zero attached hydrogens (tertiary/aromatic N) is 2. The highest BCUT2D eigenvalue weighted by Crippen LogP contribution is 2.04. The molecule has 0 fully saturated rings. The first kappa shape index (κ1) is 9.27. The zero-order valence-electron chi connectivity index (χ0n) is 7.49. The molecule has 0 saturated carbocycles. The van der Waals surface area contributed by atoms with Crippen molar-refractivity contribution in [3.8, 4) is 6.07 Å². The fraction of sp³-hybridized carbons (Fsp3) is 0.200. The maximum absolute atomic E-state index is 8.58. The Balaban J connectivity index is 2.62. The van der Waals surface area contributed by atoms with Crippen molar-refractivity contribution in [1.29, 1.82) is 5.26 Å². The molecule has 0 aromatic heterocycles. The maximum Gasteiger partial charge on any atom is 0.137 e. The Hall–Kier alpha value is -1.82. The van der Waals surface area contributed by atoms with Crippen LogP contribution in [0, 0.1) is 11.3 Å². The lowest BCUT2D eigenvalue weighted by atomic mass is 10.3. The molecule has 1 rings (SSSR count). The summed E-state index contributed by atoms with van der Waals surface area (Å²) in [6, 6.07) is 11.6. The van der Waals surface area contributed by atoms with Gasteiger partial charge in [0.05, 0.1) is 5.69 Å². The Morgan fingerprint density at radius 2 is 2.15 bits per heavy atom. The summed E-state index contributed by atoms with van der Waals surface area (Å²) in [5, 5.41) is 12.5. The van der Waals surface area contributed by atoms with E-state index in [-0.39, 0.29) is 0 Å². The predicted octanol–water partition coefficient (Wildman–Crippen LogP) is 2.39. The molecule has 0 unspecified atom stereocenters. The number of benzene rings is 1. The molecule has 66 valence electrons. The Labute approximate surface area is 77.7 Å². The number of para-hydroxylation sites is 1. The minimum Gasteiger partial charge on any atom is -0.278 e. The minimum absolute atomic E-state index is 0.504. The van der Waals surface area contributed by atoms with E-state index in [1.165, 1.54) is 0 Å². The molecule has 1 N–H and O–H groups in total. The van der Waals surface area contributed by atoms with Gasteiger partial charge in [0, 0.05) is 0 Å². The van der Waals surface area contributed by atoms with Crippen LogP contribution in [0.5, 0.6) is 0 Å². The Bertz CT molecular complexity index is 322. The smallest absolute Gasteiger partial charge is 0.137 e. The highest BCUT2D eigenvalue weighted by molar-refractivity contribution is 5.98. The molecule has 0 amide bonds. The first-order valence-electron chi connectivity index (χ1n) is 4.14. The molecular formula is C10H11N3. The van der Waals surface area contributed by atoms with Gasteiger partial charge in [-0.2, -0.15) is 10.4 Å². The SMILES string of the molecule is CC/C(C#N)=N/Nc1ccccc1. The van der Waals surface area contributed by atoms with E-state index >= 15 is 0 Å². The average Bonchev–Trinajstić information content (AvgIpc) is 2.21. The van der Waals surface area contributed by atoms with Gasteiger partial charge in [-0.25, -0.2) is 0 Å². The third-order valence-corrected chi connectivity index (χ3v) is 1.56. The second-order valence-electron chi connectivity index (χ2n) is 2.50. The van der Waals surface area contributed by atoms with Gasteiger partial charge in [-0.1, -0.05) is 25.1 Å². The lowest BCUT2D eigenvalue weighted by Crippen LogP contribution is -1.97. The largest absolute Gasteiger partial charge is 0.278 e. The molecule has 13 heavy (non-hydrogen) atoms. The van der Waals surface area contributed by atoms with E-state index in [4.69, 9.17) is 5.26 Å². The second kappa shape index (κ2) is 4.94. The van der Waals surface area contributed by atoms with Gasteiger partial charge in [0.25, 0.3) is 0 Å². The molecule has 1 aromatic rings. The molecule has 0 bridgehead atoms. The van der Waals surface area contributed by atoms with Crippen molar-refractivity contribution in [3.63, 3.8) is 0 Å². The number of nitrogens with one attached hydrogen (secondary N) is 1. The number of hydrazone groups is 1. The van der Waals surface area contributed by atoms with Crippen molar-refractivity contribution < 1.29 is 0 Å². The lowest BCUT2D eigenvalue weighted by Gasteiger charge is -1.98. The van der Waals surface area contributed by atoms with E-state index in [0.29, 0.717) is 12.1 Å². The van der Waals surface area contributed by atoms with E-state index in [2.05, 4.69) is 10.5 Å². The summed E-state index contributed by atoms with van der Waals surface area (Å²) in [6.07, 6.45) is 0.649. The molecule has 3 nitrogen and oxygen atoms in total. The monoisotopic (exact) mass is 173 g/mol. The van der Waals surface area contributed by atoms with E-state index in [1.807, 2.05) is 43.3 Å². The summed E-state index contributed by atoms with van der Waals surface area (Å²) in [6.45, 7) is 1.90. The molecule has 0 aliphatic carbocycles. The number of hydrogen-bond donors (Lipinski definition) is 1. The van der Waals surface area contributed by atoms with E-state index < -0.39 is 0 Å². The van der Waals surface area contributed by atoms with Gasteiger partial charge < -0.3 is 0 Å². The van der Waals surface area contributed by atoms with Gasteiger partial charge in [-0.15, -0.1) is 0 Å². The van der Waals surface area contributed by atoms with Crippen LogP contribution in [0.4, 0.5) is 5.69 Å². The zero-order chi connectivity index (χ0) is 9.52. The third kappa shape index (κ3) is 2.96. The van der Waals surface area contributed by atoms with E-state index in [0.717, 1.165) is 5.69 Å². The number of nitriles is 1. The zero-order valence-corrected chi connectivity index (χ0v) is 7.49. The van der Waals surface area contributed by atoms with Crippen LogP contribution in [0.3, 0.4) is 0 Å². The fourth-order valence-corrected chi connectivity index (χ4v) is 0.828. The normalized spacial score (nSPS) is 10.6. The van der Waals surface area contributed by atoms with Crippen LogP contribution in [0.2, 0.25) is 0 Å². The first-order valence-corrected chi connectivity index (χ1v) is 4.14. The van der Waals surface area contributed by atoms with Gasteiger partial charge >= 0.3 is 0 Å². The molecule has 0 atom stereocenters. The maximum atomic E-state index is 8.58. The summed E-state index contributed by atoms with van der Waals surface area (Å²) in [4.78, 5) is 0. The molecule has 0 heterocycles.